The third kappa shape index (κ3) is 10.5. The van der Waals surface area contributed by atoms with E-state index in [1.807, 2.05) is 26.0 Å². The van der Waals surface area contributed by atoms with E-state index in [9.17, 15) is 0 Å². The van der Waals surface area contributed by atoms with Crippen LogP contribution in [-0.2, 0) is 11.2 Å². The highest BCUT2D eigenvalue weighted by Crippen LogP contribution is 2.13. The van der Waals surface area contributed by atoms with Gasteiger partial charge in [-0.25, -0.2) is 0 Å². The van der Waals surface area contributed by atoms with E-state index in [0.717, 1.165) is 44.2 Å². The van der Waals surface area contributed by atoms with Crippen LogP contribution in [0.2, 0.25) is 0 Å². The van der Waals surface area contributed by atoms with Gasteiger partial charge in [0.25, 0.3) is 0 Å². The molecule has 0 heterocycles. The van der Waals surface area contributed by atoms with Crippen molar-refractivity contribution in [3.8, 4) is 5.75 Å². The lowest BCUT2D eigenvalue weighted by molar-refractivity contribution is 0.0310. The molecule has 6 heteroatoms. The van der Waals surface area contributed by atoms with Gasteiger partial charge in [0.1, 0.15) is 5.75 Å². The van der Waals surface area contributed by atoms with Gasteiger partial charge in [-0.1, -0.05) is 19.1 Å². The number of hydrogen-bond donors (Lipinski definition) is 2. The van der Waals surface area contributed by atoms with Gasteiger partial charge in [-0.05, 0) is 51.3 Å². The SMILES string of the molecule is CCCOc1cccc(CCNC(=NCC(C)(C)OC)NCC)c1.I. The third-order valence-electron chi connectivity index (χ3n) is 3.59. The minimum Gasteiger partial charge on any atom is -0.494 e. The smallest absolute Gasteiger partial charge is 0.191 e. The van der Waals surface area contributed by atoms with Gasteiger partial charge in [-0.3, -0.25) is 4.99 Å². The predicted octanol–water partition coefficient (Wildman–Crippen LogP) is 3.62. The van der Waals surface area contributed by atoms with Crippen LogP contribution in [0.4, 0.5) is 0 Å². The summed E-state index contributed by atoms with van der Waals surface area (Å²) in [6, 6.07) is 8.28. The molecule has 2 N–H and O–H groups in total. The molecule has 0 atom stereocenters. The van der Waals surface area contributed by atoms with Gasteiger partial charge in [-0.15, -0.1) is 24.0 Å². The summed E-state index contributed by atoms with van der Waals surface area (Å²) in [4.78, 5) is 4.59. The quantitative estimate of drug-likeness (QED) is 0.316. The Morgan fingerprint density at radius 1 is 1.20 bits per heavy atom. The number of nitrogens with one attached hydrogen (secondary N) is 2. The van der Waals surface area contributed by atoms with Gasteiger partial charge in [0.15, 0.2) is 5.96 Å². The molecule has 0 aliphatic rings. The molecule has 0 saturated heterocycles. The van der Waals surface area contributed by atoms with Gasteiger partial charge in [0.2, 0.25) is 0 Å². The van der Waals surface area contributed by atoms with Crippen LogP contribution < -0.4 is 15.4 Å². The topological polar surface area (TPSA) is 54.9 Å². The van der Waals surface area contributed by atoms with E-state index >= 15 is 0 Å². The fourth-order valence-electron chi connectivity index (χ4n) is 2.01. The molecule has 0 amide bonds. The summed E-state index contributed by atoms with van der Waals surface area (Å²) >= 11 is 0. The number of methoxy groups -OCH3 is 1. The first-order chi connectivity index (χ1) is 11.5. The largest absolute Gasteiger partial charge is 0.494 e. The lowest BCUT2D eigenvalue weighted by Crippen LogP contribution is -2.40. The molecular formula is C19H34IN3O2. The summed E-state index contributed by atoms with van der Waals surface area (Å²) in [6.45, 7) is 11.3. The zero-order chi connectivity index (χ0) is 17.8. The fraction of sp³-hybridized carbons (Fsp3) is 0.632. The van der Waals surface area contributed by atoms with Crippen LogP contribution in [0.15, 0.2) is 29.3 Å². The second-order valence-electron chi connectivity index (χ2n) is 6.33. The van der Waals surface area contributed by atoms with Gasteiger partial charge in [0, 0.05) is 20.2 Å². The van der Waals surface area contributed by atoms with Crippen LogP contribution in [0, 0.1) is 0 Å². The van der Waals surface area contributed by atoms with E-state index in [0.29, 0.717) is 6.54 Å². The van der Waals surface area contributed by atoms with Crippen molar-refractivity contribution in [2.24, 2.45) is 4.99 Å². The maximum Gasteiger partial charge on any atom is 0.191 e. The second kappa shape index (κ2) is 13.2. The van der Waals surface area contributed by atoms with Gasteiger partial charge < -0.3 is 20.1 Å². The van der Waals surface area contributed by atoms with Crippen LogP contribution in [0.1, 0.15) is 39.7 Å². The first-order valence-corrected chi connectivity index (χ1v) is 8.79. The predicted molar refractivity (Wildman–Crippen MR) is 116 cm³/mol. The number of nitrogens with zero attached hydrogens (tertiary/aromatic N) is 1. The third-order valence-corrected chi connectivity index (χ3v) is 3.59. The number of ether oxygens (including phenoxy) is 2. The molecule has 144 valence electrons. The monoisotopic (exact) mass is 463 g/mol. The van der Waals surface area contributed by atoms with Crippen molar-refractivity contribution in [3.05, 3.63) is 29.8 Å². The average molecular weight is 463 g/mol. The number of halogens is 1. The van der Waals surface area contributed by atoms with Gasteiger partial charge in [0.05, 0.1) is 18.8 Å². The second-order valence-corrected chi connectivity index (χ2v) is 6.33. The summed E-state index contributed by atoms with van der Waals surface area (Å²) in [5.41, 5.74) is 0.997. The van der Waals surface area contributed by atoms with Crippen molar-refractivity contribution in [1.29, 1.82) is 0 Å². The molecule has 0 bridgehead atoms. The first kappa shape index (κ1) is 24.0. The number of guanidine groups is 1. The molecule has 1 aromatic carbocycles. The molecule has 0 fully saturated rings. The Morgan fingerprint density at radius 3 is 2.60 bits per heavy atom. The number of rotatable bonds is 10. The molecule has 0 radical (unpaired) electrons. The van der Waals surface area contributed by atoms with Crippen LogP contribution >= 0.6 is 24.0 Å². The number of benzene rings is 1. The Hall–Kier alpha value is -1.02. The van der Waals surface area contributed by atoms with Gasteiger partial charge >= 0.3 is 0 Å². The van der Waals surface area contributed by atoms with E-state index < -0.39 is 0 Å². The highest BCUT2D eigenvalue weighted by Gasteiger charge is 2.15. The Kier molecular flexibility index (Phi) is 12.7. The van der Waals surface area contributed by atoms with Gasteiger partial charge in [-0.2, -0.15) is 0 Å². The van der Waals surface area contributed by atoms with Crippen molar-refractivity contribution in [3.63, 3.8) is 0 Å². The van der Waals surface area contributed by atoms with Crippen LogP contribution in [0.3, 0.4) is 0 Å². The maximum atomic E-state index is 5.68. The molecule has 0 aromatic heterocycles. The van der Waals surface area contributed by atoms with E-state index in [2.05, 4.69) is 41.6 Å². The minimum absolute atomic E-state index is 0. The molecule has 0 spiro atoms. The van der Waals surface area contributed by atoms with E-state index in [1.165, 1.54) is 5.56 Å². The zero-order valence-corrected chi connectivity index (χ0v) is 18.6. The molecule has 25 heavy (non-hydrogen) atoms. The standard InChI is InChI=1S/C19H33N3O2.HI/c1-6-13-24-17-10-8-9-16(14-17)11-12-21-18(20-7-2)22-15-19(3,4)23-5;/h8-10,14H,6-7,11-13,15H2,1-5H3,(H2,20,21,22);1H. The van der Waals surface area contributed by atoms with Crippen LogP contribution in [0.25, 0.3) is 0 Å². The van der Waals surface area contributed by atoms with Crippen molar-refractivity contribution in [2.45, 2.75) is 46.1 Å². The molecule has 5 nitrogen and oxygen atoms in total. The fourth-order valence-corrected chi connectivity index (χ4v) is 2.01. The van der Waals surface area contributed by atoms with Crippen molar-refractivity contribution >= 4 is 29.9 Å². The number of aliphatic imine (C=N–C) groups is 1. The lowest BCUT2D eigenvalue weighted by atomic mass is 10.1. The minimum atomic E-state index is -0.257. The summed E-state index contributed by atoms with van der Waals surface area (Å²) in [5.74, 6) is 1.76. The first-order valence-electron chi connectivity index (χ1n) is 8.79. The Balaban J connectivity index is 0.00000576. The summed E-state index contributed by atoms with van der Waals surface area (Å²) < 4.78 is 11.1. The van der Waals surface area contributed by atoms with Crippen molar-refractivity contribution in [2.75, 3.05) is 33.4 Å². The van der Waals surface area contributed by atoms with Crippen molar-refractivity contribution < 1.29 is 9.47 Å². The normalized spacial score (nSPS) is 11.6. The maximum absolute atomic E-state index is 5.68. The highest BCUT2D eigenvalue weighted by molar-refractivity contribution is 14.0. The summed E-state index contributed by atoms with van der Waals surface area (Å²) in [7, 11) is 1.71. The molecule has 0 aliphatic carbocycles. The van der Waals surface area contributed by atoms with E-state index in [1.54, 1.807) is 7.11 Å². The summed E-state index contributed by atoms with van der Waals surface area (Å²) in [5, 5.41) is 6.63. The average Bonchev–Trinajstić information content (AvgIpc) is 2.58. The number of hydrogen-bond acceptors (Lipinski definition) is 3. The van der Waals surface area contributed by atoms with E-state index in [-0.39, 0.29) is 29.6 Å². The Bertz CT molecular complexity index is 507. The molecule has 0 unspecified atom stereocenters. The Labute approximate surface area is 170 Å². The zero-order valence-electron chi connectivity index (χ0n) is 16.2. The summed E-state index contributed by atoms with van der Waals surface area (Å²) in [6.07, 6.45) is 1.94. The highest BCUT2D eigenvalue weighted by atomic mass is 127. The molecule has 0 saturated carbocycles. The van der Waals surface area contributed by atoms with Crippen LogP contribution in [-0.4, -0.2) is 44.9 Å². The molecule has 1 rings (SSSR count). The van der Waals surface area contributed by atoms with Crippen LogP contribution in [0.5, 0.6) is 5.75 Å². The molecular weight excluding hydrogens is 429 g/mol. The van der Waals surface area contributed by atoms with E-state index in [4.69, 9.17) is 9.47 Å². The van der Waals surface area contributed by atoms with Crippen molar-refractivity contribution in [1.82, 2.24) is 10.6 Å². The molecule has 0 aliphatic heterocycles. The lowest BCUT2D eigenvalue weighted by Gasteiger charge is -2.21. The Morgan fingerprint density at radius 2 is 1.96 bits per heavy atom. The molecule has 1 aromatic rings.